The van der Waals surface area contributed by atoms with Crippen LogP contribution in [0.3, 0.4) is 0 Å². The van der Waals surface area contributed by atoms with Crippen molar-refractivity contribution < 1.29 is 14.3 Å². The standard InChI is InChI=1S/C26H23ClN8O3/c1-3-38-26(37)15-6-4-14(5-7-15)12-29-25(36)23-24(28)32-22(19-8-9-35(2)34-19)21(31-23)16-10-17-13-30-33-20(17)18(27)11-16/h4-11,13H,3,12H2,1-2H3,(H2,28,32)(H,29,36)(H,30,33). The summed E-state index contributed by atoms with van der Waals surface area (Å²) in [4.78, 5) is 34.2. The summed E-state index contributed by atoms with van der Waals surface area (Å²) >= 11 is 6.48. The third-order valence-corrected chi connectivity index (χ3v) is 6.08. The van der Waals surface area contributed by atoms with E-state index in [2.05, 4.69) is 30.6 Å². The maximum Gasteiger partial charge on any atom is 0.338 e. The molecule has 5 rings (SSSR count). The highest BCUT2D eigenvalue weighted by molar-refractivity contribution is 6.35. The van der Waals surface area contributed by atoms with Crippen molar-refractivity contribution in [2.75, 3.05) is 12.3 Å². The van der Waals surface area contributed by atoms with E-state index in [4.69, 9.17) is 22.1 Å². The Labute approximate surface area is 222 Å². The molecule has 5 aromatic rings. The number of rotatable bonds is 7. The van der Waals surface area contributed by atoms with Gasteiger partial charge in [-0.25, -0.2) is 14.8 Å². The van der Waals surface area contributed by atoms with E-state index in [9.17, 15) is 9.59 Å². The van der Waals surface area contributed by atoms with Crippen molar-refractivity contribution in [3.63, 3.8) is 0 Å². The Hall–Kier alpha value is -4.77. The molecule has 12 heteroatoms. The molecule has 192 valence electrons. The molecule has 2 aromatic carbocycles. The number of H-pyrrole nitrogens is 1. The van der Waals surface area contributed by atoms with Crippen molar-refractivity contribution in [2.24, 2.45) is 7.05 Å². The lowest BCUT2D eigenvalue weighted by Gasteiger charge is -2.13. The van der Waals surface area contributed by atoms with Gasteiger partial charge in [-0.3, -0.25) is 14.6 Å². The van der Waals surface area contributed by atoms with Crippen LogP contribution in [0.2, 0.25) is 5.02 Å². The topological polar surface area (TPSA) is 154 Å². The quantitative estimate of drug-likeness (QED) is 0.269. The minimum Gasteiger partial charge on any atom is -0.462 e. The summed E-state index contributed by atoms with van der Waals surface area (Å²) < 4.78 is 6.63. The monoisotopic (exact) mass is 530 g/mol. The first-order chi connectivity index (χ1) is 18.3. The first-order valence-electron chi connectivity index (χ1n) is 11.7. The Bertz CT molecular complexity index is 1660. The third-order valence-electron chi connectivity index (χ3n) is 5.79. The van der Waals surface area contributed by atoms with Crippen molar-refractivity contribution >= 4 is 40.2 Å². The fourth-order valence-corrected chi connectivity index (χ4v) is 4.20. The van der Waals surface area contributed by atoms with Gasteiger partial charge in [0.25, 0.3) is 5.91 Å². The first kappa shape index (κ1) is 24.9. The van der Waals surface area contributed by atoms with E-state index in [1.54, 1.807) is 67.4 Å². The average Bonchev–Trinajstić information content (AvgIpc) is 3.57. The van der Waals surface area contributed by atoms with Crippen molar-refractivity contribution in [1.82, 2.24) is 35.3 Å². The molecule has 4 N–H and O–H groups in total. The number of halogens is 1. The van der Waals surface area contributed by atoms with Crippen LogP contribution in [-0.4, -0.2) is 48.4 Å². The van der Waals surface area contributed by atoms with Crippen molar-refractivity contribution in [1.29, 1.82) is 0 Å². The number of anilines is 1. The lowest BCUT2D eigenvalue weighted by atomic mass is 10.1. The van der Waals surface area contributed by atoms with Gasteiger partial charge in [-0.15, -0.1) is 0 Å². The number of benzene rings is 2. The fourth-order valence-electron chi connectivity index (χ4n) is 3.93. The molecule has 1 amide bonds. The lowest BCUT2D eigenvalue weighted by Crippen LogP contribution is -2.26. The molecule has 3 aromatic heterocycles. The Morgan fingerprint density at radius 2 is 1.92 bits per heavy atom. The van der Waals surface area contributed by atoms with Gasteiger partial charge in [-0.2, -0.15) is 10.2 Å². The molecule has 0 aliphatic rings. The van der Waals surface area contributed by atoms with Gasteiger partial charge in [-0.1, -0.05) is 23.7 Å². The molecule has 0 spiro atoms. The van der Waals surface area contributed by atoms with Gasteiger partial charge in [0.15, 0.2) is 11.5 Å². The second-order valence-corrected chi connectivity index (χ2v) is 8.83. The van der Waals surface area contributed by atoms with Crippen LogP contribution in [0.4, 0.5) is 5.82 Å². The highest BCUT2D eigenvalue weighted by Gasteiger charge is 2.22. The SMILES string of the molecule is CCOC(=O)c1ccc(CNC(=O)c2nc(-c3cc(Cl)c4[nH]ncc4c3)c(-c3ccn(C)n3)nc2N)cc1. The number of nitrogen functional groups attached to an aromatic ring is 1. The number of aromatic amines is 1. The minimum absolute atomic E-state index is 0.0359. The number of hydrogen-bond acceptors (Lipinski definition) is 8. The molecule has 0 aliphatic carbocycles. The number of aromatic nitrogens is 6. The zero-order valence-corrected chi connectivity index (χ0v) is 21.3. The van der Waals surface area contributed by atoms with Gasteiger partial charge in [0, 0.05) is 30.7 Å². The molecule has 0 radical (unpaired) electrons. The number of ether oxygens (including phenoxy) is 1. The molecular formula is C26H23ClN8O3. The second kappa shape index (κ2) is 10.3. The number of carbonyl (C=O) groups is 2. The summed E-state index contributed by atoms with van der Waals surface area (Å²) in [5.74, 6) is -0.950. The minimum atomic E-state index is -0.506. The van der Waals surface area contributed by atoms with Crippen LogP contribution < -0.4 is 11.1 Å². The van der Waals surface area contributed by atoms with Crippen LogP contribution in [0.5, 0.6) is 0 Å². The molecule has 0 aliphatic heterocycles. The summed E-state index contributed by atoms with van der Waals surface area (Å²) in [6.07, 6.45) is 3.42. The Kier molecular flexibility index (Phi) is 6.75. The van der Waals surface area contributed by atoms with Gasteiger partial charge in [0.1, 0.15) is 11.4 Å². The molecule has 38 heavy (non-hydrogen) atoms. The molecule has 0 saturated carbocycles. The second-order valence-electron chi connectivity index (χ2n) is 8.42. The number of fused-ring (bicyclic) bond motifs is 1. The maximum atomic E-state index is 13.1. The molecule has 0 atom stereocenters. The summed E-state index contributed by atoms with van der Waals surface area (Å²) in [6.45, 7) is 2.23. The Morgan fingerprint density at radius 1 is 1.13 bits per heavy atom. The zero-order chi connectivity index (χ0) is 26.8. The van der Waals surface area contributed by atoms with Gasteiger partial charge >= 0.3 is 5.97 Å². The number of nitrogens with two attached hydrogens (primary N) is 1. The molecule has 3 heterocycles. The third kappa shape index (κ3) is 4.91. The van der Waals surface area contributed by atoms with Crippen LogP contribution in [-0.2, 0) is 18.3 Å². The maximum absolute atomic E-state index is 13.1. The molecule has 0 saturated heterocycles. The number of carbonyl (C=O) groups excluding carboxylic acids is 2. The van der Waals surface area contributed by atoms with Gasteiger partial charge in [-0.05, 0) is 42.8 Å². The lowest BCUT2D eigenvalue weighted by molar-refractivity contribution is 0.0526. The number of aryl methyl sites for hydroxylation is 1. The Balaban J connectivity index is 1.47. The van der Waals surface area contributed by atoms with Crippen LogP contribution in [0.15, 0.2) is 54.9 Å². The van der Waals surface area contributed by atoms with E-state index in [0.29, 0.717) is 45.4 Å². The van der Waals surface area contributed by atoms with Gasteiger partial charge in [0.05, 0.1) is 34.6 Å². The Morgan fingerprint density at radius 3 is 2.63 bits per heavy atom. The van der Waals surface area contributed by atoms with Crippen LogP contribution in [0, 0.1) is 0 Å². The van der Waals surface area contributed by atoms with E-state index < -0.39 is 11.9 Å². The largest absolute Gasteiger partial charge is 0.462 e. The normalized spacial score (nSPS) is 11.0. The number of hydrogen-bond donors (Lipinski definition) is 3. The summed E-state index contributed by atoms with van der Waals surface area (Å²) in [6, 6.07) is 12.1. The molecule has 0 bridgehead atoms. The molecular weight excluding hydrogens is 508 g/mol. The van der Waals surface area contributed by atoms with Gasteiger partial charge < -0.3 is 15.8 Å². The van der Waals surface area contributed by atoms with E-state index >= 15 is 0 Å². The van der Waals surface area contributed by atoms with E-state index in [1.807, 2.05) is 6.07 Å². The van der Waals surface area contributed by atoms with Crippen LogP contribution in [0.25, 0.3) is 33.5 Å². The van der Waals surface area contributed by atoms with Crippen LogP contribution in [0.1, 0.15) is 33.3 Å². The molecule has 0 fully saturated rings. The number of amides is 1. The van der Waals surface area contributed by atoms with Crippen LogP contribution >= 0.6 is 11.6 Å². The van der Waals surface area contributed by atoms with Crippen molar-refractivity contribution in [2.45, 2.75) is 13.5 Å². The van der Waals surface area contributed by atoms with E-state index in [1.165, 1.54) is 0 Å². The van der Waals surface area contributed by atoms with Gasteiger partial charge in [0.2, 0.25) is 0 Å². The summed E-state index contributed by atoms with van der Waals surface area (Å²) in [7, 11) is 1.79. The highest BCUT2D eigenvalue weighted by Crippen LogP contribution is 2.34. The zero-order valence-electron chi connectivity index (χ0n) is 20.5. The number of nitrogens with zero attached hydrogens (tertiary/aromatic N) is 5. The first-order valence-corrected chi connectivity index (χ1v) is 12.1. The molecule has 11 nitrogen and oxygen atoms in total. The number of esters is 1. The van der Waals surface area contributed by atoms with E-state index in [0.717, 1.165) is 10.9 Å². The average molecular weight is 531 g/mol. The summed E-state index contributed by atoms with van der Waals surface area (Å²) in [5.41, 5.74) is 10.0. The van der Waals surface area contributed by atoms with Crippen molar-refractivity contribution in [3.8, 4) is 22.6 Å². The summed E-state index contributed by atoms with van der Waals surface area (Å²) in [5, 5.41) is 15.4. The smallest absolute Gasteiger partial charge is 0.338 e. The molecule has 0 unspecified atom stereocenters. The highest BCUT2D eigenvalue weighted by atomic mass is 35.5. The fraction of sp³-hybridized carbons (Fsp3) is 0.154. The van der Waals surface area contributed by atoms with E-state index in [-0.39, 0.29) is 18.1 Å². The van der Waals surface area contributed by atoms with Crippen molar-refractivity contribution in [3.05, 3.63) is 76.7 Å². The number of nitrogens with one attached hydrogen (secondary N) is 2. The predicted octanol–water partition coefficient (Wildman–Crippen LogP) is 3.76. The predicted molar refractivity (Wildman–Crippen MR) is 142 cm³/mol.